The van der Waals surface area contributed by atoms with Gasteiger partial charge in [-0.2, -0.15) is 0 Å². The lowest BCUT2D eigenvalue weighted by atomic mass is 10.0. The minimum absolute atomic E-state index is 0.134. The monoisotopic (exact) mass is 508 g/mol. The molecule has 37 heavy (non-hydrogen) atoms. The van der Waals surface area contributed by atoms with Crippen molar-refractivity contribution in [3.8, 4) is 18.1 Å². The molecule has 3 aromatic carbocycles. The van der Waals surface area contributed by atoms with Gasteiger partial charge in [-0.15, -0.1) is 6.42 Å². The smallest absolute Gasteiger partial charge is 0.268 e. The molecule has 0 atom stereocenters. The summed E-state index contributed by atoms with van der Waals surface area (Å²) in [6.07, 6.45) is 9.40. The van der Waals surface area contributed by atoms with Crippen molar-refractivity contribution in [2.45, 2.75) is 26.4 Å². The Morgan fingerprint density at radius 3 is 2.24 bits per heavy atom. The second-order valence-electron chi connectivity index (χ2n) is 8.84. The van der Waals surface area contributed by atoms with Crippen LogP contribution in [0.15, 0.2) is 78.9 Å². The first-order valence-electron chi connectivity index (χ1n) is 11.7. The molecule has 184 valence electrons. The number of ketones is 1. The van der Waals surface area contributed by atoms with Crippen LogP contribution in [0.5, 0.6) is 5.75 Å². The van der Waals surface area contributed by atoms with E-state index in [2.05, 4.69) is 16.2 Å². The number of pyridine rings is 1. The third-order valence-corrected chi connectivity index (χ3v) is 6.03. The zero-order chi connectivity index (χ0) is 26.6. The molecule has 4 aromatic rings. The Kier molecular flexibility index (Phi) is 7.42. The van der Waals surface area contributed by atoms with E-state index >= 15 is 0 Å². The number of fused-ring (bicyclic) bond motifs is 1. The third kappa shape index (κ3) is 5.55. The van der Waals surface area contributed by atoms with E-state index in [0.29, 0.717) is 44.4 Å². The van der Waals surface area contributed by atoms with Gasteiger partial charge in [0.05, 0.1) is 11.2 Å². The topological polar surface area (TPSA) is 68.3 Å². The summed E-state index contributed by atoms with van der Waals surface area (Å²) in [6, 6.07) is 20.9. The van der Waals surface area contributed by atoms with Gasteiger partial charge in [0.25, 0.3) is 5.91 Å². The van der Waals surface area contributed by atoms with Crippen molar-refractivity contribution in [3.05, 3.63) is 106 Å². The van der Waals surface area contributed by atoms with E-state index in [-0.39, 0.29) is 11.7 Å². The van der Waals surface area contributed by atoms with Gasteiger partial charge in [0.15, 0.2) is 11.4 Å². The minimum Gasteiger partial charge on any atom is -0.478 e. The maximum absolute atomic E-state index is 13.4. The number of hydrogen-bond donors (Lipinski definition) is 1. The van der Waals surface area contributed by atoms with Crippen molar-refractivity contribution >= 4 is 46.0 Å². The molecule has 1 amide bonds. The zero-order valence-electron chi connectivity index (χ0n) is 20.7. The van der Waals surface area contributed by atoms with Crippen LogP contribution in [0.3, 0.4) is 0 Å². The largest absolute Gasteiger partial charge is 0.478 e. The summed E-state index contributed by atoms with van der Waals surface area (Å²) in [5.41, 5.74) is 2.13. The highest BCUT2D eigenvalue weighted by molar-refractivity contribution is 6.30. The highest BCUT2D eigenvalue weighted by atomic mass is 35.5. The van der Waals surface area contributed by atoms with E-state index in [0.717, 1.165) is 5.39 Å². The average molecular weight is 509 g/mol. The molecule has 0 bridgehead atoms. The number of carbonyl (C=O) groups is 2. The lowest BCUT2D eigenvalue weighted by Crippen LogP contribution is -2.42. The second-order valence-corrected chi connectivity index (χ2v) is 9.27. The number of benzene rings is 3. The Labute approximate surface area is 221 Å². The number of allylic oxidation sites excluding steroid dienone is 1. The van der Waals surface area contributed by atoms with Crippen molar-refractivity contribution in [3.63, 3.8) is 0 Å². The minimum atomic E-state index is -1.24. The van der Waals surface area contributed by atoms with Crippen LogP contribution in [-0.4, -0.2) is 22.3 Å². The van der Waals surface area contributed by atoms with Gasteiger partial charge in [0, 0.05) is 27.1 Å². The number of rotatable bonds is 7. The molecule has 5 nitrogen and oxygen atoms in total. The Hall–Kier alpha value is -4.40. The SMILES string of the molecule is C#Cc1nc2ccccc2c(NC(=O)C(C)(C)Oc2ccc(C(=O)c3ccc(Cl)cc3)cc2)c1/C=C\C. The van der Waals surface area contributed by atoms with Gasteiger partial charge in [-0.05, 0) is 81.3 Å². The Morgan fingerprint density at radius 1 is 1.00 bits per heavy atom. The number of carbonyl (C=O) groups excluding carboxylic acids is 2. The first-order chi connectivity index (χ1) is 17.7. The predicted molar refractivity (Wildman–Crippen MR) is 149 cm³/mol. The number of para-hydroxylation sites is 1. The Balaban J connectivity index is 1.58. The first-order valence-corrected chi connectivity index (χ1v) is 12.0. The molecule has 0 spiro atoms. The van der Waals surface area contributed by atoms with Crippen LogP contribution in [0.25, 0.3) is 17.0 Å². The highest BCUT2D eigenvalue weighted by Gasteiger charge is 2.31. The van der Waals surface area contributed by atoms with Crippen LogP contribution >= 0.6 is 11.6 Å². The molecule has 1 aromatic heterocycles. The summed E-state index contributed by atoms with van der Waals surface area (Å²) < 4.78 is 6.05. The number of anilines is 1. The quantitative estimate of drug-likeness (QED) is 0.217. The summed E-state index contributed by atoms with van der Waals surface area (Å²) in [7, 11) is 0. The summed E-state index contributed by atoms with van der Waals surface area (Å²) in [5, 5.41) is 4.34. The molecular weight excluding hydrogens is 484 g/mol. The van der Waals surface area contributed by atoms with Gasteiger partial charge in [0.1, 0.15) is 11.4 Å². The van der Waals surface area contributed by atoms with E-state index in [1.165, 1.54) is 0 Å². The number of ether oxygens (including phenoxy) is 1. The predicted octanol–water partition coefficient (Wildman–Crippen LogP) is 6.93. The van der Waals surface area contributed by atoms with Crippen LogP contribution in [0, 0.1) is 12.3 Å². The fourth-order valence-electron chi connectivity index (χ4n) is 3.85. The lowest BCUT2D eigenvalue weighted by Gasteiger charge is -2.26. The first kappa shape index (κ1) is 25.7. The van der Waals surface area contributed by atoms with E-state index in [1.54, 1.807) is 62.4 Å². The number of nitrogens with one attached hydrogen (secondary N) is 1. The molecule has 0 unspecified atom stereocenters. The van der Waals surface area contributed by atoms with Gasteiger partial charge in [0.2, 0.25) is 0 Å². The molecule has 0 saturated carbocycles. The number of terminal acetylenes is 1. The number of halogens is 1. The summed E-state index contributed by atoms with van der Waals surface area (Å²) in [5.74, 6) is 2.57. The molecule has 1 heterocycles. The molecular formula is C31H25ClN2O3. The van der Waals surface area contributed by atoms with Crippen LogP contribution in [0.2, 0.25) is 5.02 Å². The summed E-state index contributed by atoms with van der Waals surface area (Å²) in [6.45, 7) is 5.22. The van der Waals surface area contributed by atoms with Gasteiger partial charge < -0.3 is 10.1 Å². The fraction of sp³-hybridized carbons (Fsp3) is 0.129. The van der Waals surface area contributed by atoms with Crippen molar-refractivity contribution in [2.24, 2.45) is 0 Å². The molecule has 0 fully saturated rings. The number of hydrogen-bond acceptors (Lipinski definition) is 4. The number of aromatic nitrogens is 1. The Morgan fingerprint density at radius 2 is 1.62 bits per heavy atom. The maximum Gasteiger partial charge on any atom is 0.268 e. The molecule has 1 N–H and O–H groups in total. The van der Waals surface area contributed by atoms with E-state index in [4.69, 9.17) is 22.8 Å². The molecule has 0 aliphatic heterocycles. The van der Waals surface area contributed by atoms with Crippen LogP contribution < -0.4 is 10.1 Å². The van der Waals surface area contributed by atoms with Gasteiger partial charge >= 0.3 is 0 Å². The molecule has 0 aliphatic rings. The summed E-state index contributed by atoms with van der Waals surface area (Å²) in [4.78, 5) is 30.7. The molecule has 0 saturated heterocycles. The standard InChI is InChI=1S/C31H25ClN2O3/c1-5-9-24-26(6-2)33-27-11-8-7-10-25(27)28(24)34-30(36)31(3,4)37-23-18-14-21(15-19-23)29(35)20-12-16-22(32)17-13-20/h2,5,7-19H,1,3-4H3,(H,33,34,36)/b9-5-. The number of amides is 1. The fourth-order valence-corrected chi connectivity index (χ4v) is 3.97. The van der Waals surface area contributed by atoms with Crippen LogP contribution in [0.4, 0.5) is 5.69 Å². The maximum atomic E-state index is 13.4. The van der Waals surface area contributed by atoms with Gasteiger partial charge in [-0.3, -0.25) is 9.59 Å². The van der Waals surface area contributed by atoms with Crippen molar-refractivity contribution in [1.29, 1.82) is 0 Å². The molecule has 0 aliphatic carbocycles. The zero-order valence-corrected chi connectivity index (χ0v) is 21.5. The molecule has 0 radical (unpaired) electrons. The van der Waals surface area contributed by atoms with Gasteiger partial charge in [-0.1, -0.05) is 42.0 Å². The normalized spacial score (nSPS) is 11.3. The van der Waals surface area contributed by atoms with Crippen molar-refractivity contribution < 1.29 is 14.3 Å². The highest BCUT2D eigenvalue weighted by Crippen LogP contribution is 2.31. The van der Waals surface area contributed by atoms with Gasteiger partial charge in [-0.25, -0.2) is 4.98 Å². The van der Waals surface area contributed by atoms with E-state index in [1.807, 2.05) is 43.3 Å². The number of nitrogens with zero attached hydrogens (tertiary/aromatic N) is 1. The van der Waals surface area contributed by atoms with Crippen LogP contribution in [0.1, 0.15) is 48.0 Å². The molecule has 4 rings (SSSR count). The van der Waals surface area contributed by atoms with Crippen molar-refractivity contribution in [1.82, 2.24) is 4.98 Å². The second kappa shape index (κ2) is 10.7. The van der Waals surface area contributed by atoms with E-state index in [9.17, 15) is 9.59 Å². The molecule has 6 heteroatoms. The Bertz CT molecular complexity index is 1550. The lowest BCUT2D eigenvalue weighted by molar-refractivity contribution is -0.128. The average Bonchev–Trinajstić information content (AvgIpc) is 2.90. The van der Waals surface area contributed by atoms with E-state index < -0.39 is 5.60 Å². The van der Waals surface area contributed by atoms with Crippen molar-refractivity contribution in [2.75, 3.05) is 5.32 Å². The van der Waals surface area contributed by atoms with Crippen LogP contribution in [-0.2, 0) is 4.79 Å². The summed E-state index contributed by atoms with van der Waals surface area (Å²) >= 11 is 5.91. The third-order valence-electron chi connectivity index (χ3n) is 5.78.